The van der Waals surface area contributed by atoms with E-state index in [4.69, 9.17) is 16.6 Å². The molecular formula is C25H27ClN6O. The molecule has 0 unspecified atom stereocenters. The number of benzene rings is 2. The maximum Gasteiger partial charge on any atom is 0.228 e. The second-order valence-electron chi connectivity index (χ2n) is 9.73. The van der Waals surface area contributed by atoms with E-state index in [2.05, 4.69) is 27.4 Å². The molecule has 1 aliphatic rings. The maximum absolute atomic E-state index is 12.7. The molecule has 0 radical (unpaired) electrons. The number of aromatic nitrogens is 5. The first-order valence-electron chi connectivity index (χ1n) is 11.1. The summed E-state index contributed by atoms with van der Waals surface area (Å²) in [5.41, 5.74) is 4.98. The molecule has 2 aromatic carbocycles. The Morgan fingerprint density at radius 3 is 2.79 bits per heavy atom. The second kappa shape index (κ2) is 7.99. The van der Waals surface area contributed by atoms with Crippen LogP contribution in [0, 0.1) is 5.41 Å². The van der Waals surface area contributed by atoms with E-state index >= 15 is 0 Å². The molecule has 5 rings (SSSR count). The van der Waals surface area contributed by atoms with Gasteiger partial charge in [-0.25, -0.2) is 4.98 Å². The van der Waals surface area contributed by atoms with Crippen molar-refractivity contribution < 1.29 is 4.79 Å². The van der Waals surface area contributed by atoms with Gasteiger partial charge in [-0.15, -0.1) is 0 Å². The zero-order valence-corrected chi connectivity index (χ0v) is 20.1. The highest BCUT2D eigenvalue weighted by Crippen LogP contribution is 2.30. The van der Waals surface area contributed by atoms with Crippen LogP contribution < -0.4 is 0 Å². The smallest absolute Gasteiger partial charge is 0.228 e. The molecule has 0 atom stereocenters. The summed E-state index contributed by atoms with van der Waals surface area (Å²) in [6.45, 7) is 7.31. The van der Waals surface area contributed by atoms with Crippen LogP contribution in [0.5, 0.6) is 0 Å². The van der Waals surface area contributed by atoms with Crippen molar-refractivity contribution in [3.8, 4) is 11.4 Å². The van der Waals surface area contributed by atoms with E-state index < -0.39 is 0 Å². The van der Waals surface area contributed by atoms with Gasteiger partial charge in [0, 0.05) is 42.9 Å². The molecule has 0 fully saturated rings. The van der Waals surface area contributed by atoms with Gasteiger partial charge in [0.2, 0.25) is 5.91 Å². The monoisotopic (exact) mass is 462 g/mol. The third kappa shape index (κ3) is 4.02. The van der Waals surface area contributed by atoms with E-state index in [1.165, 1.54) is 11.1 Å². The number of hydrogen-bond acceptors (Lipinski definition) is 4. The number of nitrogens with zero attached hydrogens (tertiary/aromatic N) is 5. The number of aromatic amines is 1. The number of aryl methyl sites for hydroxylation is 1. The lowest BCUT2D eigenvalue weighted by Crippen LogP contribution is -2.42. The molecule has 0 aliphatic carbocycles. The molecule has 1 amide bonds. The molecule has 8 heteroatoms. The Labute approximate surface area is 197 Å². The molecule has 7 nitrogen and oxygen atoms in total. The summed E-state index contributed by atoms with van der Waals surface area (Å²) in [4.78, 5) is 19.4. The Kier molecular flexibility index (Phi) is 5.24. The lowest BCUT2D eigenvalue weighted by atomic mass is 9.91. The minimum atomic E-state index is -0.364. The molecule has 0 bridgehead atoms. The third-order valence-corrected chi connectivity index (χ3v) is 6.69. The molecule has 4 aromatic rings. The lowest BCUT2D eigenvalue weighted by Gasteiger charge is -2.33. The summed E-state index contributed by atoms with van der Waals surface area (Å²) in [7, 11) is 1.91. The summed E-state index contributed by atoms with van der Waals surface area (Å²) in [5.74, 6) is 1.74. The summed E-state index contributed by atoms with van der Waals surface area (Å²) in [5, 5.41) is 13.3. The molecule has 0 spiro atoms. The van der Waals surface area contributed by atoms with Gasteiger partial charge in [-0.2, -0.15) is 10.2 Å². The zero-order valence-electron chi connectivity index (χ0n) is 19.3. The Hall–Kier alpha value is -3.19. The molecule has 2 aromatic heterocycles. The van der Waals surface area contributed by atoms with Gasteiger partial charge in [0.15, 0.2) is 5.82 Å². The van der Waals surface area contributed by atoms with E-state index in [1.807, 2.05) is 55.6 Å². The number of fused-ring (bicyclic) bond motifs is 2. The summed E-state index contributed by atoms with van der Waals surface area (Å²) >= 11 is 6.61. The predicted molar refractivity (Wildman–Crippen MR) is 129 cm³/mol. The van der Waals surface area contributed by atoms with Crippen molar-refractivity contribution in [1.82, 2.24) is 29.9 Å². The first-order valence-corrected chi connectivity index (χ1v) is 11.5. The van der Waals surface area contributed by atoms with Crippen molar-refractivity contribution in [2.75, 3.05) is 6.54 Å². The first kappa shape index (κ1) is 21.6. The van der Waals surface area contributed by atoms with E-state index in [-0.39, 0.29) is 11.3 Å². The third-order valence-electron chi connectivity index (χ3n) is 6.25. The van der Waals surface area contributed by atoms with Gasteiger partial charge < -0.3 is 4.90 Å². The topological polar surface area (TPSA) is 79.7 Å². The van der Waals surface area contributed by atoms with Crippen molar-refractivity contribution in [3.05, 3.63) is 64.1 Å². The van der Waals surface area contributed by atoms with Crippen LogP contribution in [0.3, 0.4) is 0 Å². The standard InChI is InChI=1S/C25H27ClN6O/c1-25(2,3)24(33)32-10-9-15-11-17(5-6-18(15)14-32)23-28-21(31(4)30-23)12-16-7-8-20-19(22(16)26)13-27-29-20/h5-8,11,13H,9-10,12,14H2,1-4H3,(H,27,29). The van der Waals surface area contributed by atoms with Gasteiger partial charge in [-0.05, 0) is 35.2 Å². The minimum Gasteiger partial charge on any atom is -0.338 e. The normalized spacial score (nSPS) is 14.0. The molecule has 33 heavy (non-hydrogen) atoms. The molecule has 0 saturated carbocycles. The fourth-order valence-electron chi connectivity index (χ4n) is 4.37. The summed E-state index contributed by atoms with van der Waals surface area (Å²) in [6, 6.07) is 10.3. The van der Waals surface area contributed by atoms with Crippen LogP contribution >= 0.6 is 11.6 Å². The SMILES string of the molecule is Cn1nc(-c2ccc3c(c2)CCN(C(=O)C(C)(C)C)C3)nc1Cc1ccc2[nH]ncc2c1Cl. The minimum absolute atomic E-state index is 0.195. The average molecular weight is 463 g/mol. The number of carbonyl (C=O) groups excluding carboxylic acids is 1. The number of rotatable bonds is 3. The maximum atomic E-state index is 12.7. The zero-order chi connectivity index (χ0) is 23.3. The molecule has 1 N–H and O–H groups in total. The van der Waals surface area contributed by atoms with E-state index in [1.54, 1.807) is 6.20 Å². The van der Waals surface area contributed by atoms with E-state index in [0.717, 1.165) is 40.8 Å². The van der Waals surface area contributed by atoms with Gasteiger partial charge in [0.05, 0.1) is 16.7 Å². The first-order chi connectivity index (χ1) is 15.7. The number of nitrogens with one attached hydrogen (secondary N) is 1. The quantitative estimate of drug-likeness (QED) is 0.485. The fourth-order valence-corrected chi connectivity index (χ4v) is 4.65. The van der Waals surface area contributed by atoms with Crippen LogP contribution in [0.15, 0.2) is 36.5 Å². The number of H-pyrrole nitrogens is 1. The second-order valence-corrected chi connectivity index (χ2v) is 10.1. The molecular weight excluding hydrogens is 436 g/mol. The Morgan fingerprint density at radius 1 is 1.18 bits per heavy atom. The number of halogens is 1. The summed E-state index contributed by atoms with van der Waals surface area (Å²) < 4.78 is 1.81. The van der Waals surface area contributed by atoms with E-state index in [9.17, 15) is 4.79 Å². The lowest BCUT2D eigenvalue weighted by molar-refractivity contribution is -0.140. The van der Waals surface area contributed by atoms with Crippen LogP contribution in [-0.2, 0) is 31.2 Å². The fraction of sp³-hybridized carbons (Fsp3) is 0.360. The van der Waals surface area contributed by atoms with Crippen LogP contribution in [-0.4, -0.2) is 42.3 Å². The summed E-state index contributed by atoms with van der Waals surface area (Å²) in [6.07, 6.45) is 3.16. The average Bonchev–Trinajstić information content (AvgIpc) is 3.41. The number of carbonyl (C=O) groups is 1. The Bertz CT molecular complexity index is 1360. The van der Waals surface area contributed by atoms with Crippen molar-refractivity contribution in [2.45, 2.75) is 40.2 Å². The molecule has 3 heterocycles. The number of amides is 1. The van der Waals surface area contributed by atoms with Crippen LogP contribution in [0.4, 0.5) is 0 Å². The van der Waals surface area contributed by atoms with Crippen molar-refractivity contribution in [2.24, 2.45) is 12.5 Å². The highest BCUT2D eigenvalue weighted by atomic mass is 35.5. The molecule has 0 saturated heterocycles. The predicted octanol–water partition coefficient (Wildman–Crippen LogP) is 4.53. The molecule has 1 aliphatic heterocycles. The Morgan fingerprint density at radius 2 is 2.00 bits per heavy atom. The van der Waals surface area contributed by atoms with Gasteiger partial charge in [0.1, 0.15) is 5.82 Å². The highest BCUT2D eigenvalue weighted by molar-refractivity contribution is 6.36. The van der Waals surface area contributed by atoms with Gasteiger partial charge >= 0.3 is 0 Å². The van der Waals surface area contributed by atoms with Gasteiger partial charge in [-0.3, -0.25) is 14.6 Å². The van der Waals surface area contributed by atoms with Gasteiger partial charge in [-0.1, -0.05) is 50.6 Å². The Balaban J connectivity index is 1.38. The van der Waals surface area contributed by atoms with Crippen LogP contribution in [0.1, 0.15) is 43.3 Å². The molecule has 170 valence electrons. The van der Waals surface area contributed by atoms with Gasteiger partial charge in [0.25, 0.3) is 0 Å². The highest BCUT2D eigenvalue weighted by Gasteiger charge is 2.29. The van der Waals surface area contributed by atoms with Crippen molar-refractivity contribution in [1.29, 1.82) is 0 Å². The van der Waals surface area contributed by atoms with Crippen molar-refractivity contribution >= 4 is 28.4 Å². The van der Waals surface area contributed by atoms with Crippen molar-refractivity contribution in [3.63, 3.8) is 0 Å². The van der Waals surface area contributed by atoms with E-state index in [0.29, 0.717) is 23.8 Å². The van der Waals surface area contributed by atoms with Crippen LogP contribution in [0.2, 0.25) is 5.02 Å². The number of hydrogen-bond donors (Lipinski definition) is 1. The largest absolute Gasteiger partial charge is 0.338 e. The van der Waals surface area contributed by atoms with Crippen LogP contribution in [0.25, 0.3) is 22.3 Å².